The van der Waals surface area contributed by atoms with Gasteiger partial charge in [0.25, 0.3) is 5.91 Å². The van der Waals surface area contributed by atoms with Crippen LogP contribution in [-0.4, -0.2) is 52.7 Å². The molecule has 2 heterocycles. The van der Waals surface area contributed by atoms with E-state index in [0.29, 0.717) is 32.0 Å². The summed E-state index contributed by atoms with van der Waals surface area (Å²) in [6.45, 7) is 2.07. The number of hydrogen-bond donors (Lipinski definition) is 1. The molecular weight excluding hydrogens is 208 g/mol. The van der Waals surface area contributed by atoms with E-state index in [2.05, 4.69) is 4.98 Å². The van der Waals surface area contributed by atoms with E-state index < -0.39 is 0 Å². The molecule has 2 rings (SSSR count). The Hall–Kier alpha value is -1.40. The average Bonchev–Trinajstić information content (AvgIpc) is 2.75. The van der Waals surface area contributed by atoms with Crippen molar-refractivity contribution in [1.82, 2.24) is 14.5 Å². The summed E-state index contributed by atoms with van der Waals surface area (Å²) >= 11 is 0. The van der Waals surface area contributed by atoms with E-state index >= 15 is 0 Å². The molecular formula is C10H16N4O2. The van der Waals surface area contributed by atoms with Gasteiger partial charge >= 0.3 is 0 Å². The number of rotatable bonds is 2. The van der Waals surface area contributed by atoms with Gasteiger partial charge in [0.2, 0.25) is 0 Å². The summed E-state index contributed by atoms with van der Waals surface area (Å²) in [5.74, 6) is -0.0700. The van der Waals surface area contributed by atoms with Crippen LogP contribution in [0.15, 0.2) is 12.5 Å². The molecule has 0 spiro atoms. The summed E-state index contributed by atoms with van der Waals surface area (Å²) in [6.07, 6.45) is 3.33. The van der Waals surface area contributed by atoms with E-state index in [9.17, 15) is 4.79 Å². The van der Waals surface area contributed by atoms with Gasteiger partial charge in [-0.2, -0.15) is 0 Å². The molecule has 0 saturated carbocycles. The molecule has 1 fully saturated rings. The number of ether oxygens (including phenoxy) is 1. The lowest BCUT2D eigenvalue weighted by Gasteiger charge is -2.34. The molecule has 0 bridgehead atoms. The fraction of sp³-hybridized carbons (Fsp3) is 0.600. The van der Waals surface area contributed by atoms with Gasteiger partial charge in [-0.1, -0.05) is 0 Å². The van der Waals surface area contributed by atoms with Gasteiger partial charge in [-0.25, -0.2) is 4.98 Å². The van der Waals surface area contributed by atoms with Gasteiger partial charge in [0, 0.05) is 26.3 Å². The summed E-state index contributed by atoms with van der Waals surface area (Å²) < 4.78 is 7.05. The van der Waals surface area contributed by atoms with E-state index in [4.69, 9.17) is 10.5 Å². The highest BCUT2D eigenvalue weighted by Crippen LogP contribution is 2.10. The Balaban J connectivity index is 2.13. The van der Waals surface area contributed by atoms with E-state index in [1.54, 1.807) is 22.0 Å². The monoisotopic (exact) mass is 224 g/mol. The third-order valence-corrected chi connectivity index (χ3v) is 2.68. The zero-order valence-corrected chi connectivity index (χ0v) is 9.30. The molecule has 0 aliphatic carbocycles. The Morgan fingerprint density at radius 3 is 3.19 bits per heavy atom. The molecule has 0 radical (unpaired) electrons. The molecule has 1 atom stereocenters. The summed E-state index contributed by atoms with van der Waals surface area (Å²) in [5, 5.41) is 0. The number of amides is 1. The number of carbonyl (C=O) groups excluding carboxylic acids is 1. The maximum Gasteiger partial charge on any atom is 0.274 e. The zero-order valence-electron chi connectivity index (χ0n) is 9.30. The van der Waals surface area contributed by atoms with Crippen molar-refractivity contribution in [1.29, 1.82) is 0 Å². The van der Waals surface area contributed by atoms with Gasteiger partial charge in [0.15, 0.2) is 0 Å². The third kappa shape index (κ3) is 2.07. The number of morpholine rings is 1. The van der Waals surface area contributed by atoms with Crippen LogP contribution in [0.2, 0.25) is 0 Å². The first-order valence-electron chi connectivity index (χ1n) is 5.29. The van der Waals surface area contributed by atoms with Gasteiger partial charge in [0.1, 0.15) is 5.69 Å². The summed E-state index contributed by atoms with van der Waals surface area (Å²) in [6, 6.07) is -0.0387. The van der Waals surface area contributed by atoms with Crippen LogP contribution in [0.1, 0.15) is 10.5 Å². The van der Waals surface area contributed by atoms with Crippen LogP contribution in [0.5, 0.6) is 0 Å². The first kappa shape index (κ1) is 11.1. The van der Waals surface area contributed by atoms with Crippen LogP contribution in [0.3, 0.4) is 0 Å². The van der Waals surface area contributed by atoms with Gasteiger partial charge in [0.05, 0.1) is 25.6 Å². The first-order valence-corrected chi connectivity index (χ1v) is 5.29. The number of nitrogens with zero attached hydrogens (tertiary/aromatic N) is 3. The molecule has 1 aliphatic heterocycles. The van der Waals surface area contributed by atoms with Gasteiger partial charge in [-0.05, 0) is 0 Å². The van der Waals surface area contributed by atoms with Crippen LogP contribution in [-0.2, 0) is 11.8 Å². The van der Waals surface area contributed by atoms with Gasteiger partial charge in [-0.15, -0.1) is 0 Å². The molecule has 2 N–H and O–H groups in total. The Kier molecular flexibility index (Phi) is 3.21. The van der Waals surface area contributed by atoms with Crippen LogP contribution in [0, 0.1) is 0 Å². The first-order chi connectivity index (χ1) is 7.72. The smallest absolute Gasteiger partial charge is 0.274 e. The predicted molar refractivity (Wildman–Crippen MR) is 57.9 cm³/mol. The number of aryl methyl sites for hydroxylation is 1. The fourth-order valence-electron chi connectivity index (χ4n) is 1.79. The highest BCUT2D eigenvalue weighted by Gasteiger charge is 2.27. The standard InChI is InChI=1S/C10H16N4O2/c1-13-5-9(12-7-13)10(15)14-2-3-16-6-8(14)4-11/h5,7-8H,2-4,6,11H2,1H3. The molecule has 1 aromatic rings. The third-order valence-electron chi connectivity index (χ3n) is 2.68. The Morgan fingerprint density at radius 2 is 2.56 bits per heavy atom. The Morgan fingerprint density at radius 1 is 1.75 bits per heavy atom. The van der Waals surface area contributed by atoms with E-state index in [-0.39, 0.29) is 11.9 Å². The van der Waals surface area contributed by atoms with Crippen molar-refractivity contribution in [2.24, 2.45) is 12.8 Å². The zero-order chi connectivity index (χ0) is 11.5. The van der Waals surface area contributed by atoms with E-state index in [0.717, 1.165) is 0 Å². The minimum absolute atomic E-state index is 0.0387. The molecule has 88 valence electrons. The maximum absolute atomic E-state index is 12.1. The highest BCUT2D eigenvalue weighted by molar-refractivity contribution is 5.92. The van der Waals surface area contributed by atoms with Crippen molar-refractivity contribution >= 4 is 5.91 Å². The van der Waals surface area contributed by atoms with Crippen molar-refractivity contribution in [3.8, 4) is 0 Å². The minimum Gasteiger partial charge on any atom is -0.377 e. The van der Waals surface area contributed by atoms with Crippen LogP contribution in [0.4, 0.5) is 0 Å². The van der Waals surface area contributed by atoms with Gasteiger partial charge < -0.3 is 19.9 Å². The van der Waals surface area contributed by atoms with Crippen molar-refractivity contribution < 1.29 is 9.53 Å². The quantitative estimate of drug-likeness (QED) is 0.715. The molecule has 1 saturated heterocycles. The van der Waals surface area contributed by atoms with Crippen molar-refractivity contribution in [3.05, 3.63) is 18.2 Å². The van der Waals surface area contributed by atoms with Crippen molar-refractivity contribution in [2.45, 2.75) is 6.04 Å². The predicted octanol–water partition coefficient (Wildman–Crippen LogP) is -0.780. The summed E-state index contributed by atoms with van der Waals surface area (Å²) in [5.41, 5.74) is 6.08. The second-order valence-corrected chi connectivity index (χ2v) is 3.89. The average molecular weight is 224 g/mol. The molecule has 6 heteroatoms. The van der Waals surface area contributed by atoms with Crippen molar-refractivity contribution in [2.75, 3.05) is 26.3 Å². The number of carbonyl (C=O) groups is 1. The SMILES string of the molecule is Cn1cnc(C(=O)N2CCOCC2CN)c1. The lowest BCUT2D eigenvalue weighted by molar-refractivity contribution is 0.000547. The molecule has 1 amide bonds. The highest BCUT2D eigenvalue weighted by atomic mass is 16.5. The summed E-state index contributed by atoms with van der Waals surface area (Å²) in [7, 11) is 1.84. The van der Waals surface area contributed by atoms with Crippen LogP contribution in [0.25, 0.3) is 0 Å². The Bertz CT molecular complexity index is 377. The molecule has 6 nitrogen and oxygen atoms in total. The van der Waals surface area contributed by atoms with E-state index in [1.807, 2.05) is 7.05 Å². The van der Waals surface area contributed by atoms with E-state index in [1.165, 1.54) is 0 Å². The largest absolute Gasteiger partial charge is 0.377 e. The number of aromatic nitrogens is 2. The van der Waals surface area contributed by atoms with Crippen LogP contribution < -0.4 is 5.73 Å². The lowest BCUT2D eigenvalue weighted by Crippen LogP contribution is -2.52. The number of nitrogens with two attached hydrogens (primary N) is 1. The topological polar surface area (TPSA) is 73.4 Å². The molecule has 1 aromatic heterocycles. The van der Waals surface area contributed by atoms with Crippen molar-refractivity contribution in [3.63, 3.8) is 0 Å². The normalized spacial score (nSPS) is 21.1. The minimum atomic E-state index is -0.0700. The molecule has 0 aromatic carbocycles. The summed E-state index contributed by atoms with van der Waals surface area (Å²) in [4.78, 5) is 17.9. The second-order valence-electron chi connectivity index (χ2n) is 3.89. The number of hydrogen-bond acceptors (Lipinski definition) is 4. The number of imidazole rings is 1. The maximum atomic E-state index is 12.1. The molecule has 16 heavy (non-hydrogen) atoms. The second kappa shape index (κ2) is 4.63. The lowest BCUT2D eigenvalue weighted by atomic mass is 10.2. The van der Waals surface area contributed by atoms with Crippen LogP contribution >= 0.6 is 0 Å². The molecule has 1 unspecified atom stereocenters. The molecule has 1 aliphatic rings. The fourth-order valence-corrected chi connectivity index (χ4v) is 1.79. The Labute approximate surface area is 94.0 Å². The van der Waals surface area contributed by atoms with Gasteiger partial charge in [-0.3, -0.25) is 4.79 Å².